The number of aromatic nitrogens is 6. The Morgan fingerprint density at radius 3 is 2.59 bits per heavy atom. The van der Waals surface area contributed by atoms with Gasteiger partial charge in [0.25, 0.3) is 0 Å². The molecule has 0 aliphatic heterocycles. The average molecular weight is 487 g/mol. The van der Waals surface area contributed by atoms with Crippen molar-refractivity contribution in [2.24, 2.45) is 0 Å². The molecule has 1 aliphatic carbocycles. The van der Waals surface area contributed by atoms with Gasteiger partial charge in [-0.05, 0) is 67.6 Å². The molecule has 182 valence electrons. The summed E-state index contributed by atoms with van der Waals surface area (Å²) in [6.45, 7) is 0. The fourth-order valence-electron chi connectivity index (χ4n) is 5.32. The summed E-state index contributed by atoms with van der Waals surface area (Å²) in [6, 6.07) is 16.5. The standard InChI is InChI=1S/C30H26N6O/c1-2-6-21(7-3-1)37-22-12-20(15-31-16-22)19-9-10-27-24(13-19)30(36-35-27)28-14-23-25(17-32-18-29(23)34-28)26-8-4-5-11-33-26/h4-5,8-18,21,34H,1-3,6-7H2,(H,35,36). The molecule has 6 aromatic rings. The Morgan fingerprint density at radius 2 is 1.70 bits per heavy atom. The lowest BCUT2D eigenvalue weighted by Crippen LogP contribution is -2.19. The second-order valence-corrected chi connectivity index (χ2v) is 9.67. The summed E-state index contributed by atoms with van der Waals surface area (Å²) < 4.78 is 6.27. The van der Waals surface area contributed by atoms with Gasteiger partial charge in [0.1, 0.15) is 11.4 Å². The van der Waals surface area contributed by atoms with E-state index < -0.39 is 0 Å². The molecule has 7 nitrogen and oxygen atoms in total. The lowest BCUT2D eigenvalue weighted by Gasteiger charge is -2.23. The summed E-state index contributed by atoms with van der Waals surface area (Å²) in [5.41, 5.74) is 7.69. The Morgan fingerprint density at radius 1 is 0.784 bits per heavy atom. The number of hydrogen-bond acceptors (Lipinski definition) is 5. The number of benzene rings is 1. The fraction of sp³-hybridized carbons (Fsp3) is 0.200. The zero-order valence-electron chi connectivity index (χ0n) is 20.3. The maximum absolute atomic E-state index is 6.27. The number of hydrogen-bond donors (Lipinski definition) is 2. The maximum atomic E-state index is 6.27. The van der Waals surface area contributed by atoms with Crippen LogP contribution in [-0.4, -0.2) is 36.2 Å². The van der Waals surface area contributed by atoms with Crippen molar-refractivity contribution in [1.29, 1.82) is 0 Å². The molecule has 5 heterocycles. The van der Waals surface area contributed by atoms with Crippen LogP contribution in [-0.2, 0) is 0 Å². The van der Waals surface area contributed by atoms with E-state index in [0.717, 1.165) is 74.2 Å². The molecule has 1 aliphatic rings. The van der Waals surface area contributed by atoms with Crippen LogP contribution in [0.25, 0.3) is 55.6 Å². The van der Waals surface area contributed by atoms with E-state index in [1.54, 1.807) is 6.20 Å². The molecule has 37 heavy (non-hydrogen) atoms. The fourth-order valence-corrected chi connectivity index (χ4v) is 5.32. The van der Waals surface area contributed by atoms with Gasteiger partial charge in [0.05, 0.1) is 40.9 Å². The number of pyridine rings is 3. The third kappa shape index (κ3) is 4.12. The smallest absolute Gasteiger partial charge is 0.138 e. The molecule has 0 unspecified atom stereocenters. The number of H-pyrrole nitrogens is 2. The Balaban J connectivity index is 1.26. The summed E-state index contributed by atoms with van der Waals surface area (Å²) in [5.74, 6) is 0.835. The molecular formula is C30H26N6O. The molecule has 0 radical (unpaired) electrons. The quantitative estimate of drug-likeness (QED) is 0.275. The van der Waals surface area contributed by atoms with E-state index in [0.29, 0.717) is 6.10 Å². The van der Waals surface area contributed by atoms with Crippen LogP contribution >= 0.6 is 0 Å². The topological polar surface area (TPSA) is 92.4 Å². The molecule has 1 fully saturated rings. The van der Waals surface area contributed by atoms with E-state index >= 15 is 0 Å². The monoisotopic (exact) mass is 486 g/mol. The first kappa shape index (κ1) is 21.7. The van der Waals surface area contributed by atoms with Crippen molar-refractivity contribution in [2.45, 2.75) is 38.2 Å². The number of fused-ring (bicyclic) bond motifs is 2. The molecule has 0 atom stereocenters. The normalized spacial score (nSPS) is 14.4. The van der Waals surface area contributed by atoms with Gasteiger partial charge in [-0.2, -0.15) is 5.10 Å². The number of ether oxygens (including phenoxy) is 1. The third-order valence-electron chi connectivity index (χ3n) is 7.21. The third-order valence-corrected chi connectivity index (χ3v) is 7.21. The minimum atomic E-state index is 0.293. The van der Waals surface area contributed by atoms with Crippen LogP contribution < -0.4 is 4.74 Å². The van der Waals surface area contributed by atoms with Crippen LogP contribution in [0.4, 0.5) is 0 Å². The molecular weight excluding hydrogens is 460 g/mol. The first-order chi connectivity index (χ1) is 18.3. The zero-order valence-corrected chi connectivity index (χ0v) is 20.3. The number of aromatic amines is 2. The summed E-state index contributed by atoms with van der Waals surface area (Å²) in [6.07, 6.45) is 15.5. The number of nitrogens with zero attached hydrogens (tertiary/aromatic N) is 4. The van der Waals surface area contributed by atoms with Gasteiger partial charge in [-0.15, -0.1) is 0 Å². The van der Waals surface area contributed by atoms with Crippen molar-refractivity contribution in [1.82, 2.24) is 30.1 Å². The molecule has 0 saturated heterocycles. The van der Waals surface area contributed by atoms with Gasteiger partial charge in [-0.3, -0.25) is 20.1 Å². The van der Waals surface area contributed by atoms with Crippen LogP contribution in [0.1, 0.15) is 32.1 Å². The second-order valence-electron chi connectivity index (χ2n) is 9.67. The van der Waals surface area contributed by atoms with E-state index in [1.165, 1.54) is 19.3 Å². The average Bonchev–Trinajstić information content (AvgIpc) is 3.58. The van der Waals surface area contributed by atoms with Crippen molar-refractivity contribution in [3.05, 3.63) is 79.5 Å². The first-order valence-electron chi connectivity index (χ1n) is 12.8. The van der Waals surface area contributed by atoms with E-state index in [-0.39, 0.29) is 0 Å². The van der Waals surface area contributed by atoms with Crippen LogP contribution in [0.3, 0.4) is 0 Å². The van der Waals surface area contributed by atoms with Gasteiger partial charge in [0.15, 0.2) is 0 Å². The van der Waals surface area contributed by atoms with Crippen LogP contribution in [0.5, 0.6) is 5.75 Å². The minimum absolute atomic E-state index is 0.293. The van der Waals surface area contributed by atoms with E-state index in [2.05, 4.69) is 60.5 Å². The van der Waals surface area contributed by atoms with Crippen molar-refractivity contribution in [2.75, 3.05) is 0 Å². The SMILES string of the molecule is c1ccc(-c2cncc3[nH]c(-c4n[nH]c5ccc(-c6cncc(OC7CCCCC7)c6)cc45)cc23)nc1. The van der Waals surface area contributed by atoms with Crippen LogP contribution in [0.2, 0.25) is 0 Å². The van der Waals surface area contributed by atoms with Gasteiger partial charge in [-0.1, -0.05) is 18.6 Å². The molecule has 2 N–H and O–H groups in total. The molecule has 5 aromatic heterocycles. The van der Waals surface area contributed by atoms with Gasteiger partial charge >= 0.3 is 0 Å². The highest BCUT2D eigenvalue weighted by Gasteiger charge is 2.17. The first-order valence-corrected chi connectivity index (χ1v) is 12.8. The van der Waals surface area contributed by atoms with Gasteiger partial charge in [0.2, 0.25) is 0 Å². The largest absolute Gasteiger partial charge is 0.489 e. The van der Waals surface area contributed by atoms with Crippen molar-refractivity contribution >= 4 is 21.8 Å². The molecule has 0 bridgehead atoms. The number of rotatable bonds is 5. The molecule has 0 amide bonds. The highest BCUT2D eigenvalue weighted by molar-refractivity contribution is 6.01. The van der Waals surface area contributed by atoms with E-state index in [1.807, 2.05) is 43.0 Å². The molecule has 7 rings (SSSR count). The van der Waals surface area contributed by atoms with Crippen molar-refractivity contribution in [3.8, 4) is 39.5 Å². The van der Waals surface area contributed by atoms with Crippen LogP contribution in [0.15, 0.2) is 79.5 Å². The van der Waals surface area contributed by atoms with Crippen molar-refractivity contribution < 1.29 is 4.74 Å². The Hall–Kier alpha value is -4.52. The predicted octanol–water partition coefficient (Wildman–Crippen LogP) is 6.94. The summed E-state index contributed by atoms with van der Waals surface area (Å²) >= 11 is 0. The van der Waals surface area contributed by atoms with Gasteiger partial charge in [-0.25, -0.2) is 0 Å². The Bertz CT molecular complexity index is 1700. The molecule has 1 aromatic carbocycles. The lowest BCUT2D eigenvalue weighted by molar-refractivity contribution is 0.154. The molecule has 7 heteroatoms. The molecule has 1 saturated carbocycles. The van der Waals surface area contributed by atoms with Crippen LogP contribution in [0, 0.1) is 0 Å². The Labute approximate surface area is 214 Å². The second kappa shape index (κ2) is 9.17. The van der Waals surface area contributed by atoms with E-state index in [9.17, 15) is 0 Å². The summed E-state index contributed by atoms with van der Waals surface area (Å²) in [4.78, 5) is 16.9. The van der Waals surface area contributed by atoms with Gasteiger partial charge in [0, 0.05) is 40.5 Å². The highest BCUT2D eigenvalue weighted by Crippen LogP contribution is 2.35. The maximum Gasteiger partial charge on any atom is 0.138 e. The number of nitrogens with one attached hydrogen (secondary N) is 2. The highest BCUT2D eigenvalue weighted by atomic mass is 16.5. The zero-order chi connectivity index (χ0) is 24.6. The predicted molar refractivity (Wildman–Crippen MR) is 145 cm³/mol. The Kier molecular flexibility index (Phi) is 5.39. The van der Waals surface area contributed by atoms with Gasteiger partial charge < -0.3 is 9.72 Å². The van der Waals surface area contributed by atoms with Crippen molar-refractivity contribution in [3.63, 3.8) is 0 Å². The summed E-state index contributed by atoms with van der Waals surface area (Å²) in [5, 5.41) is 9.94. The molecule has 0 spiro atoms. The minimum Gasteiger partial charge on any atom is -0.489 e. The van der Waals surface area contributed by atoms with E-state index in [4.69, 9.17) is 4.74 Å². The lowest BCUT2D eigenvalue weighted by atomic mass is 9.98. The summed E-state index contributed by atoms with van der Waals surface area (Å²) in [7, 11) is 0.